The van der Waals surface area contributed by atoms with Crippen LogP contribution in [0.1, 0.15) is 52.0 Å². The Morgan fingerprint density at radius 2 is 1.34 bits per heavy atom. The van der Waals surface area contributed by atoms with Crippen LogP contribution in [-0.2, 0) is 4.79 Å². The number of nitro benzene ring substituents is 1. The zero-order valence-electron chi connectivity index (χ0n) is 28.9. The van der Waals surface area contributed by atoms with Gasteiger partial charge in [0, 0.05) is 60.5 Å². The molecule has 258 valence electrons. The minimum absolute atomic E-state index is 0.00165. The molecule has 0 bridgehead atoms. The van der Waals surface area contributed by atoms with Crippen LogP contribution in [0, 0.1) is 10.1 Å². The number of allylic oxidation sites excluding steroid dienone is 7. The van der Waals surface area contributed by atoms with Crippen molar-refractivity contribution < 1.29 is 24.1 Å². The number of azo groups is 1. The Morgan fingerprint density at radius 3 is 1.86 bits per heavy atom. The number of hydrogen-bond donors (Lipinski definition) is 0. The molecule has 5 rings (SSSR count). The molecule has 2 aliphatic carbocycles. The van der Waals surface area contributed by atoms with E-state index in [9.17, 15) is 20.0 Å². The van der Waals surface area contributed by atoms with Crippen molar-refractivity contribution in [1.29, 1.82) is 0 Å². The predicted molar refractivity (Wildman–Crippen MR) is 196 cm³/mol. The van der Waals surface area contributed by atoms with E-state index < -0.39 is 4.92 Å². The highest BCUT2D eigenvalue weighted by atomic mass is 16.6. The van der Waals surface area contributed by atoms with Gasteiger partial charge in [-0.15, -0.1) is 0 Å². The minimum atomic E-state index is -0.457. The number of nitro groups is 1. The van der Waals surface area contributed by atoms with Crippen molar-refractivity contribution in [2.75, 3.05) is 37.7 Å². The van der Waals surface area contributed by atoms with Crippen LogP contribution >= 0.6 is 0 Å². The highest BCUT2D eigenvalue weighted by Crippen LogP contribution is 2.38. The summed E-state index contributed by atoms with van der Waals surface area (Å²) in [4.78, 5) is 25.7. The van der Waals surface area contributed by atoms with Crippen LogP contribution < -0.4 is 14.7 Å². The van der Waals surface area contributed by atoms with E-state index in [0.29, 0.717) is 41.4 Å². The number of hydrogen-bond acceptors (Lipinski definition) is 8. The summed E-state index contributed by atoms with van der Waals surface area (Å²) in [5.74, 6) is 0.281. The third-order valence-electron chi connectivity index (χ3n) is 8.70. The van der Waals surface area contributed by atoms with Gasteiger partial charge in [-0.25, -0.2) is 4.58 Å². The highest BCUT2D eigenvalue weighted by Gasteiger charge is 2.30. The molecular formula is C40H43N5O5. The number of anilines is 1. The summed E-state index contributed by atoms with van der Waals surface area (Å²) in [5.41, 5.74) is 5.05. The molecule has 0 radical (unpaired) electrons. The number of benzene rings is 3. The third-order valence-corrected chi connectivity index (χ3v) is 8.70. The molecule has 0 aromatic heterocycles. The van der Waals surface area contributed by atoms with Crippen molar-refractivity contribution in [2.45, 2.75) is 46.5 Å². The molecule has 2 aliphatic rings. The van der Waals surface area contributed by atoms with Gasteiger partial charge in [0.05, 0.1) is 22.8 Å². The third kappa shape index (κ3) is 8.68. The lowest BCUT2D eigenvalue weighted by atomic mass is 9.80. The molecule has 0 saturated heterocycles. The predicted octanol–water partition coefficient (Wildman–Crippen LogP) is 8.05. The summed E-state index contributed by atoms with van der Waals surface area (Å²) in [6.45, 7) is 10.3. The molecule has 10 nitrogen and oxygen atoms in total. The minimum Gasteiger partial charge on any atom is -0.871 e. The van der Waals surface area contributed by atoms with Crippen molar-refractivity contribution in [2.24, 2.45) is 10.2 Å². The maximum Gasteiger partial charge on any atom is 0.269 e. The van der Waals surface area contributed by atoms with E-state index in [1.165, 1.54) is 12.1 Å². The average Bonchev–Trinajstić information content (AvgIpc) is 3.14. The number of nitrogens with zero attached hydrogens (tertiary/aromatic N) is 5. The van der Waals surface area contributed by atoms with Crippen molar-refractivity contribution in [3.05, 3.63) is 130 Å². The summed E-state index contributed by atoms with van der Waals surface area (Å²) in [6, 6.07) is 20.6. The number of rotatable bonds is 16. The van der Waals surface area contributed by atoms with E-state index in [1.54, 1.807) is 24.3 Å². The molecule has 0 atom stereocenters. The van der Waals surface area contributed by atoms with E-state index in [1.807, 2.05) is 60.7 Å². The Hall–Kier alpha value is -5.64. The molecule has 0 N–H and O–H groups in total. The number of unbranched alkanes of at least 4 members (excludes halogenated alkanes) is 2. The van der Waals surface area contributed by atoms with E-state index >= 15 is 0 Å². The monoisotopic (exact) mass is 673 g/mol. The topological polar surface area (TPSA) is 123 Å². The molecule has 0 spiro atoms. The Bertz CT molecular complexity index is 1840. The Kier molecular flexibility index (Phi) is 12.2. The fourth-order valence-corrected chi connectivity index (χ4v) is 5.77. The summed E-state index contributed by atoms with van der Waals surface area (Å²) in [6.07, 6.45) is 12.4. The Labute approximate surface area is 293 Å². The van der Waals surface area contributed by atoms with Gasteiger partial charge in [-0.2, -0.15) is 10.2 Å². The zero-order chi connectivity index (χ0) is 35.5. The van der Waals surface area contributed by atoms with Gasteiger partial charge in [-0.05, 0) is 78.7 Å². The lowest BCUT2D eigenvalue weighted by molar-refractivity contribution is -0.527. The standard InChI is InChI=1S/C40H43N5O5/c1-4-7-25-44(26-8-5-2)34-19-11-30(12-20-34)38-39(46)37(40(38)47)29-9-17-33(18-10-29)43(6-3)27-28-50-36-23-15-32(16-24-36)42-41-31-13-21-35(22-14-31)45(48)49/h9-24H,4-8,25-28H2,1-3H3. The number of ether oxygens (including phenoxy) is 1. The maximum atomic E-state index is 13.2. The van der Waals surface area contributed by atoms with Gasteiger partial charge in [-0.1, -0.05) is 44.6 Å². The van der Waals surface area contributed by atoms with Crippen LogP contribution in [0.5, 0.6) is 5.75 Å². The van der Waals surface area contributed by atoms with Gasteiger partial charge >= 0.3 is 0 Å². The highest BCUT2D eigenvalue weighted by molar-refractivity contribution is 6.39. The van der Waals surface area contributed by atoms with Crippen LogP contribution in [-0.4, -0.2) is 53.8 Å². The van der Waals surface area contributed by atoms with Gasteiger partial charge in [-0.3, -0.25) is 14.9 Å². The first kappa shape index (κ1) is 35.7. The first-order chi connectivity index (χ1) is 24.3. The smallest absolute Gasteiger partial charge is 0.269 e. The van der Waals surface area contributed by atoms with Crippen LogP contribution in [0.15, 0.2) is 124 Å². The molecule has 0 heterocycles. The number of non-ortho nitro benzene ring substituents is 1. The summed E-state index contributed by atoms with van der Waals surface area (Å²) < 4.78 is 8.35. The van der Waals surface area contributed by atoms with Crippen molar-refractivity contribution in [3.8, 4) is 5.75 Å². The molecular weight excluding hydrogens is 630 g/mol. The molecule has 0 amide bonds. The molecule has 0 saturated carbocycles. The second-order valence-corrected chi connectivity index (χ2v) is 12.1. The number of carbonyl (C=O) groups excluding carboxylic acids is 1. The van der Waals surface area contributed by atoms with Crippen LogP contribution in [0.2, 0.25) is 0 Å². The van der Waals surface area contributed by atoms with Crippen LogP contribution in [0.25, 0.3) is 5.57 Å². The quantitative estimate of drug-likeness (QED) is 0.0498. The average molecular weight is 674 g/mol. The van der Waals surface area contributed by atoms with Gasteiger partial charge in [0.2, 0.25) is 0 Å². The van der Waals surface area contributed by atoms with E-state index in [-0.39, 0.29) is 28.4 Å². The molecule has 10 heteroatoms. The molecule has 3 aromatic rings. The van der Waals surface area contributed by atoms with Crippen molar-refractivity contribution in [1.82, 2.24) is 0 Å². The van der Waals surface area contributed by atoms with Gasteiger partial charge in [0.1, 0.15) is 25.4 Å². The second kappa shape index (κ2) is 17.1. The number of Topliss-reactive ketones (excluding diaryl/α,β-unsaturated/α-hetero) is 1. The first-order valence-electron chi connectivity index (χ1n) is 17.3. The van der Waals surface area contributed by atoms with Crippen LogP contribution in [0.3, 0.4) is 0 Å². The number of ketones is 1. The van der Waals surface area contributed by atoms with Gasteiger partial charge in [0.25, 0.3) is 5.69 Å². The molecule has 0 fully saturated rings. The fraction of sp³-hybridized carbons (Fsp3) is 0.300. The zero-order valence-corrected chi connectivity index (χ0v) is 28.9. The Balaban J connectivity index is 1.16. The summed E-state index contributed by atoms with van der Waals surface area (Å²) >= 11 is 0. The van der Waals surface area contributed by atoms with E-state index in [4.69, 9.17) is 4.74 Å². The molecule has 0 unspecified atom stereocenters. The number of likely N-dealkylation sites (N-methyl/N-ethyl adjacent to an activating group) is 1. The van der Waals surface area contributed by atoms with Crippen molar-refractivity contribution >= 4 is 39.8 Å². The fourth-order valence-electron chi connectivity index (χ4n) is 5.77. The van der Waals surface area contributed by atoms with Crippen LogP contribution in [0.4, 0.5) is 22.7 Å². The lowest BCUT2D eigenvalue weighted by Crippen LogP contribution is -2.30. The number of carbonyl (C=O) groups is 1. The first-order valence-corrected chi connectivity index (χ1v) is 17.3. The molecule has 0 aliphatic heterocycles. The van der Waals surface area contributed by atoms with Gasteiger partial charge < -0.3 is 14.7 Å². The molecule has 3 aromatic carbocycles. The molecule has 50 heavy (non-hydrogen) atoms. The largest absolute Gasteiger partial charge is 0.871 e. The maximum absolute atomic E-state index is 13.2. The SMILES string of the molecule is CCCC[N+](CCCC)=C1C=CC(=C2C(=O)C(c3ccc(N(CC)CCOc4ccc(N=Nc5ccc([N+](=O)[O-])cc5)cc4)cc3)=C2[O-])C=C1. The summed E-state index contributed by atoms with van der Waals surface area (Å²) in [7, 11) is 0. The second-order valence-electron chi connectivity index (χ2n) is 12.1. The van der Waals surface area contributed by atoms with E-state index in [0.717, 1.165) is 56.7 Å². The van der Waals surface area contributed by atoms with Gasteiger partial charge in [0.15, 0.2) is 11.5 Å². The lowest BCUT2D eigenvalue weighted by Gasteiger charge is -2.32. The summed E-state index contributed by atoms with van der Waals surface area (Å²) in [5, 5.41) is 32.3. The normalized spacial score (nSPS) is 14.1. The van der Waals surface area contributed by atoms with Crippen molar-refractivity contribution in [3.63, 3.8) is 0 Å². The van der Waals surface area contributed by atoms with E-state index in [2.05, 4.69) is 40.5 Å². The Morgan fingerprint density at radius 1 is 0.760 bits per heavy atom.